The van der Waals surface area contributed by atoms with Crippen molar-refractivity contribution in [2.45, 2.75) is 39.2 Å². The standard InChI is InChI=1S/C17H26N2O2/c1-3-19(16-10-5-4-7-14(16)2)17(21)13-18(11-12-20)15-8-6-9-15/h4-5,7,10,15,20H,3,6,8-9,11-13H2,1-2H3. The van der Waals surface area contributed by atoms with Gasteiger partial charge in [-0.15, -0.1) is 0 Å². The van der Waals surface area contributed by atoms with Crippen molar-refractivity contribution in [3.63, 3.8) is 0 Å². The fraction of sp³-hybridized carbons (Fsp3) is 0.588. The molecule has 0 saturated heterocycles. The van der Waals surface area contributed by atoms with Gasteiger partial charge in [0.05, 0.1) is 13.2 Å². The van der Waals surface area contributed by atoms with Gasteiger partial charge in [0.25, 0.3) is 0 Å². The molecule has 0 bridgehead atoms. The van der Waals surface area contributed by atoms with Gasteiger partial charge in [-0.3, -0.25) is 9.69 Å². The number of nitrogens with zero attached hydrogens (tertiary/aromatic N) is 2. The van der Waals surface area contributed by atoms with Crippen molar-refractivity contribution < 1.29 is 9.90 Å². The molecule has 1 aromatic rings. The van der Waals surface area contributed by atoms with Gasteiger partial charge in [-0.05, 0) is 38.3 Å². The zero-order valence-corrected chi connectivity index (χ0v) is 13.1. The minimum Gasteiger partial charge on any atom is -0.395 e. The van der Waals surface area contributed by atoms with Crippen molar-refractivity contribution in [2.24, 2.45) is 0 Å². The zero-order valence-electron chi connectivity index (χ0n) is 13.1. The molecular formula is C17H26N2O2. The number of aryl methyl sites for hydroxylation is 1. The highest BCUT2D eigenvalue weighted by Crippen LogP contribution is 2.25. The Morgan fingerprint density at radius 2 is 2.05 bits per heavy atom. The molecule has 0 radical (unpaired) electrons. The molecular weight excluding hydrogens is 264 g/mol. The number of likely N-dealkylation sites (N-methyl/N-ethyl adjacent to an activating group) is 1. The van der Waals surface area contributed by atoms with E-state index in [9.17, 15) is 9.90 Å². The quantitative estimate of drug-likeness (QED) is 0.837. The number of carbonyl (C=O) groups excluding carboxylic acids is 1. The van der Waals surface area contributed by atoms with E-state index in [0.717, 1.165) is 24.1 Å². The number of anilines is 1. The fourth-order valence-electron chi connectivity index (χ4n) is 2.88. The van der Waals surface area contributed by atoms with E-state index in [1.165, 1.54) is 6.42 Å². The lowest BCUT2D eigenvalue weighted by molar-refractivity contribution is -0.120. The largest absolute Gasteiger partial charge is 0.395 e. The summed E-state index contributed by atoms with van der Waals surface area (Å²) in [4.78, 5) is 16.6. The molecule has 0 spiro atoms. The highest BCUT2D eigenvalue weighted by Gasteiger charge is 2.27. The van der Waals surface area contributed by atoms with Crippen LogP contribution in [0.25, 0.3) is 0 Å². The molecule has 0 heterocycles. The molecule has 1 aliphatic rings. The van der Waals surface area contributed by atoms with Gasteiger partial charge in [0, 0.05) is 24.8 Å². The zero-order chi connectivity index (χ0) is 15.2. The van der Waals surface area contributed by atoms with Gasteiger partial charge in [-0.2, -0.15) is 0 Å². The first-order valence-corrected chi connectivity index (χ1v) is 7.88. The Morgan fingerprint density at radius 1 is 1.33 bits per heavy atom. The van der Waals surface area contributed by atoms with E-state index in [0.29, 0.717) is 25.7 Å². The Bertz CT molecular complexity index is 472. The lowest BCUT2D eigenvalue weighted by Crippen LogP contribution is -2.48. The molecule has 116 valence electrons. The molecule has 1 fully saturated rings. The van der Waals surface area contributed by atoms with E-state index in [-0.39, 0.29) is 12.5 Å². The van der Waals surface area contributed by atoms with Gasteiger partial charge in [0.2, 0.25) is 5.91 Å². The molecule has 1 saturated carbocycles. The molecule has 1 amide bonds. The maximum atomic E-state index is 12.7. The van der Waals surface area contributed by atoms with Crippen LogP contribution in [0.3, 0.4) is 0 Å². The summed E-state index contributed by atoms with van der Waals surface area (Å²) in [5.74, 6) is 0.118. The predicted molar refractivity (Wildman–Crippen MR) is 85.5 cm³/mol. The van der Waals surface area contributed by atoms with Crippen LogP contribution in [-0.4, -0.2) is 48.2 Å². The van der Waals surface area contributed by atoms with Gasteiger partial charge in [0.15, 0.2) is 0 Å². The summed E-state index contributed by atoms with van der Waals surface area (Å²) in [5, 5.41) is 9.21. The van der Waals surface area contributed by atoms with E-state index in [4.69, 9.17) is 0 Å². The maximum absolute atomic E-state index is 12.7. The molecule has 2 rings (SSSR count). The van der Waals surface area contributed by atoms with E-state index in [1.54, 1.807) is 0 Å². The topological polar surface area (TPSA) is 43.8 Å². The molecule has 4 heteroatoms. The van der Waals surface area contributed by atoms with Gasteiger partial charge in [-0.25, -0.2) is 0 Å². The third-order valence-electron chi connectivity index (χ3n) is 4.34. The van der Waals surface area contributed by atoms with E-state index < -0.39 is 0 Å². The first kappa shape index (κ1) is 16.0. The molecule has 1 aliphatic carbocycles. The smallest absolute Gasteiger partial charge is 0.241 e. The summed E-state index contributed by atoms with van der Waals surface area (Å²) >= 11 is 0. The second-order valence-corrected chi connectivity index (χ2v) is 5.70. The highest BCUT2D eigenvalue weighted by atomic mass is 16.3. The SMILES string of the molecule is CCN(C(=O)CN(CCO)C1CCC1)c1ccccc1C. The van der Waals surface area contributed by atoms with Crippen molar-refractivity contribution in [1.29, 1.82) is 0 Å². The van der Waals surface area contributed by atoms with Crippen molar-refractivity contribution in [3.8, 4) is 0 Å². The Hall–Kier alpha value is -1.39. The van der Waals surface area contributed by atoms with E-state index >= 15 is 0 Å². The first-order valence-electron chi connectivity index (χ1n) is 7.88. The van der Waals surface area contributed by atoms with Crippen LogP contribution in [0.4, 0.5) is 5.69 Å². The maximum Gasteiger partial charge on any atom is 0.241 e. The molecule has 21 heavy (non-hydrogen) atoms. The van der Waals surface area contributed by atoms with Crippen molar-refractivity contribution >= 4 is 11.6 Å². The molecule has 0 aliphatic heterocycles. The van der Waals surface area contributed by atoms with Crippen LogP contribution >= 0.6 is 0 Å². The Kier molecular flexibility index (Phi) is 5.76. The molecule has 1 N–H and O–H groups in total. The number of rotatable bonds is 7. The third kappa shape index (κ3) is 3.83. The number of aliphatic hydroxyl groups excluding tert-OH is 1. The second-order valence-electron chi connectivity index (χ2n) is 5.70. The Balaban J connectivity index is 2.07. The van der Waals surface area contributed by atoms with Crippen LogP contribution in [0.15, 0.2) is 24.3 Å². The van der Waals surface area contributed by atoms with Gasteiger partial charge >= 0.3 is 0 Å². The number of benzene rings is 1. The van der Waals surface area contributed by atoms with Crippen LogP contribution < -0.4 is 4.90 Å². The number of amides is 1. The predicted octanol–water partition coefficient (Wildman–Crippen LogP) is 2.19. The summed E-state index contributed by atoms with van der Waals surface area (Å²) in [6.45, 7) is 5.80. The molecule has 0 atom stereocenters. The Labute approximate surface area is 127 Å². The lowest BCUT2D eigenvalue weighted by Gasteiger charge is -2.37. The van der Waals surface area contributed by atoms with Gasteiger partial charge < -0.3 is 10.0 Å². The van der Waals surface area contributed by atoms with E-state index in [2.05, 4.69) is 4.90 Å². The van der Waals surface area contributed by atoms with E-state index in [1.807, 2.05) is 43.0 Å². The summed E-state index contributed by atoms with van der Waals surface area (Å²) < 4.78 is 0. The van der Waals surface area contributed by atoms with Crippen molar-refractivity contribution in [3.05, 3.63) is 29.8 Å². The lowest BCUT2D eigenvalue weighted by atomic mass is 9.91. The van der Waals surface area contributed by atoms with Crippen LogP contribution in [0, 0.1) is 6.92 Å². The minimum atomic E-state index is 0.111. The molecule has 0 aromatic heterocycles. The van der Waals surface area contributed by atoms with Crippen LogP contribution in [0.5, 0.6) is 0 Å². The summed E-state index contributed by atoms with van der Waals surface area (Å²) in [6.07, 6.45) is 3.52. The highest BCUT2D eigenvalue weighted by molar-refractivity contribution is 5.95. The number of hydrogen-bond acceptors (Lipinski definition) is 3. The minimum absolute atomic E-state index is 0.111. The normalized spacial score (nSPS) is 15.0. The summed E-state index contributed by atoms with van der Waals surface area (Å²) in [6, 6.07) is 8.45. The average molecular weight is 290 g/mol. The fourth-order valence-corrected chi connectivity index (χ4v) is 2.88. The average Bonchev–Trinajstić information content (AvgIpc) is 2.40. The van der Waals surface area contributed by atoms with Crippen molar-refractivity contribution in [2.75, 3.05) is 31.1 Å². The first-order chi connectivity index (χ1) is 10.2. The Morgan fingerprint density at radius 3 is 2.57 bits per heavy atom. The van der Waals surface area contributed by atoms with Crippen LogP contribution in [0.1, 0.15) is 31.7 Å². The summed E-state index contributed by atoms with van der Waals surface area (Å²) in [7, 11) is 0. The van der Waals surface area contributed by atoms with Gasteiger partial charge in [-0.1, -0.05) is 24.6 Å². The van der Waals surface area contributed by atoms with Crippen LogP contribution in [0.2, 0.25) is 0 Å². The second kappa shape index (κ2) is 7.57. The molecule has 1 aromatic carbocycles. The van der Waals surface area contributed by atoms with Crippen molar-refractivity contribution in [1.82, 2.24) is 4.90 Å². The monoisotopic (exact) mass is 290 g/mol. The number of carbonyl (C=O) groups is 1. The number of hydrogen-bond donors (Lipinski definition) is 1. The number of aliphatic hydroxyl groups is 1. The van der Waals surface area contributed by atoms with Crippen LogP contribution in [-0.2, 0) is 4.79 Å². The third-order valence-corrected chi connectivity index (χ3v) is 4.34. The molecule has 4 nitrogen and oxygen atoms in total. The number of para-hydroxylation sites is 1. The molecule has 0 unspecified atom stereocenters. The van der Waals surface area contributed by atoms with Gasteiger partial charge in [0.1, 0.15) is 0 Å². The summed E-state index contributed by atoms with van der Waals surface area (Å²) in [5.41, 5.74) is 2.10.